The van der Waals surface area contributed by atoms with E-state index in [-0.39, 0.29) is 0 Å². The van der Waals surface area contributed by atoms with Crippen LogP contribution in [0.15, 0.2) is 24.3 Å². The number of aromatic nitrogens is 3. The Labute approximate surface area is 112 Å². The predicted molar refractivity (Wildman–Crippen MR) is 72.6 cm³/mol. The van der Waals surface area contributed by atoms with Gasteiger partial charge in [-0.1, -0.05) is 23.7 Å². The molecule has 0 aliphatic carbocycles. The highest BCUT2D eigenvalue weighted by molar-refractivity contribution is 6.30. The quantitative estimate of drug-likeness (QED) is 0.895. The van der Waals surface area contributed by atoms with Gasteiger partial charge in [0.25, 0.3) is 0 Å². The van der Waals surface area contributed by atoms with Gasteiger partial charge in [0.05, 0.1) is 0 Å². The third-order valence-electron chi connectivity index (χ3n) is 2.82. The van der Waals surface area contributed by atoms with Gasteiger partial charge in [0.2, 0.25) is 0 Å². The van der Waals surface area contributed by atoms with E-state index < -0.39 is 0 Å². The molecule has 0 unspecified atom stereocenters. The molecule has 5 heteroatoms. The van der Waals surface area contributed by atoms with Crippen molar-refractivity contribution in [3.63, 3.8) is 0 Å². The van der Waals surface area contributed by atoms with E-state index in [1.54, 1.807) is 0 Å². The van der Waals surface area contributed by atoms with E-state index in [0.29, 0.717) is 6.54 Å². The normalized spacial score (nSPS) is 10.8. The molecule has 0 fully saturated rings. The highest BCUT2D eigenvalue weighted by Crippen LogP contribution is 2.11. The average Bonchev–Trinajstić information content (AvgIpc) is 2.70. The molecule has 0 radical (unpaired) electrons. The van der Waals surface area contributed by atoms with Crippen LogP contribution in [0.1, 0.15) is 17.2 Å². The molecule has 0 bridgehead atoms. The molecule has 1 heterocycles. The summed E-state index contributed by atoms with van der Waals surface area (Å²) in [6.45, 7) is 0.600. The first-order valence-electron chi connectivity index (χ1n) is 6.02. The Morgan fingerprint density at radius 3 is 2.56 bits per heavy atom. The smallest absolute Gasteiger partial charge is 0.151 e. The van der Waals surface area contributed by atoms with Gasteiger partial charge in [-0.25, -0.2) is 4.98 Å². The van der Waals surface area contributed by atoms with Crippen molar-refractivity contribution < 1.29 is 0 Å². The summed E-state index contributed by atoms with van der Waals surface area (Å²) in [6.07, 6.45) is 2.52. The van der Waals surface area contributed by atoms with Crippen LogP contribution < -0.4 is 5.73 Å². The van der Waals surface area contributed by atoms with E-state index >= 15 is 0 Å². The maximum absolute atomic E-state index is 5.85. The summed E-state index contributed by atoms with van der Waals surface area (Å²) in [6, 6.07) is 7.88. The minimum atomic E-state index is 0.600. The standard InChI is InChI=1S/C13H17ClN4/c1-18-13(8-9-15)16-12(17-18)7-4-10-2-5-11(14)6-3-10/h2-3,5-6H,4,7-9,15H2,1H3. The first-order chi connectivity index (χ1) is 8.69. The molecular weight excluding hydrogens is 248 g/mol. The van der Waals surface area contributed by atoms with Crippen molar-refractivity contribution in [2.24, 2.45) is 12.8 Å². The van der Waals surface area contributed by atoms with Crippen LogP contribution in [0.2, 0.25) is 5.02 Å². The zero-order chi connectivity index (χ0) is 13.0. The number of halogens is 1. The van der Waals surface area contributed by atoms with Gasteiger partial charge in [0.15, 0.2) is 5.82 Å². The van der Waals surface area contributed by atoms with Gasteiger partial charge in [0.1, 0.15) is 5.82 Å². The summed E-state index contributed by atoms with van der Waals surface area (Å²) in [7, 11) is 1.91. The van der Waals surface area contributed by atoms with Crippen LogP contribution in [-0.4, -0.2) is 21.3 Å². The maximum atomic E-state index is 5.85. The number of rotatable bonds is 5. The molecule has 0 saturated carbocycles. The second-order valence-corrected chi connectivity index (χ2v) is 4.67. The fourth-order valence-corrected chi connectivity index (χ4v) is 1.96. The van der Waals surface area contributed by atoms with Crippen LogP contribution in [-0.2, 0) is 26.3 Å². The molecule has 0 aliphatic heterocycles. The third-order valence-corrected chi connectivity index (χ3v) is 3.07. The Morgan fingerprint density at radius 2 is 1.89 bits per heavy atom. The molecule has 0 atom stereocenters. The van der Waals surface area contributed by atoms with E-state index in [0.717, 1.165) is 35.9 Å². The van der Waals surface area contributed by atoms with Crippen molar-refractivity contribution in [3.8, 4) is 0 Å². The molecule has 0 spiro atoms. The molecule has 0 saturated heterocycles. The number of benzene rings is 1. The zero-order valence-corrected chi connectivity index (χ0v) is 11.2. The van der Waals surface area contributed by atoms with Gasteiger partial charge in [0, 0.05) is 24.9 Å². The lowest BCUT2D eigenvalue weighted by molar-refractivity contribution is 0.688. The van der Waals surface area contributed by atoms with Crippen molar-refractivity contribution in [2.45, 2.75) is 19.3 Å². The Kier molecular flexibility index (Phi) is 4.33. The lowest BCUT2D eigenvalue weighted by Crippen LogP contribution is -2.08. The van der Waals surface area contributed by atoms with Crippen molar-refractivity contribution >= 4 is 11.6 Å². The van der Waals surface area contributed by atoms with Crippen LogP contribution in [0.3, 0.4) is 0 Å². The molecule has 2 aromatic rings. The topological polar surface area (TPSA) is 56.7 Å². The first kappa shape index (κ1) is 13.1. The lowest BCUT2D eigenvalue weighted by Gasteiger charge is -1.98. The highest BCUT2D eigenvalue weighted by Gasteiger charge is 2.06. The summed E-state index contributed by atoms with van der Waals surface area (Å²) in [5, 5.41) is 5.15. The van der Waals surface area contributed by atoms with E-state index in [4.69, 9.17) is 17.3 Å². The summed E-state index contributed by atoms with van der Waals surface area (Å²) in [5.41, 5.74) is 6.77. The summed E-state index contributed by atoms with van der Waals surface area (Å²) in [4.78, 5) is 4.48. The molecule has 1 aromatic carbocycles. The molecule has 1 aromatic heterocycles. The van der Waals surface area contributed by atoms with E-state index in [2.05, 4.69) is 10.1 Å². The van der Waals surface area contributed by atoms with Crippen LogP contribution in [0.4, 0.5) is 0 Å². The Balaban J connectivity index is 1.97. The van der Waals surface area contributed by atoms with Gasteiger partial charge in [-0.05, 0) is 30.7 Å². The van der Waals surface area contributed by atoms with E-state index in [1.807, 2.05) is 36.0 Å². The van der Waals surface area contributed by atoms with Crippen molar-refractivity contribution in [1.82, 2.24) is 14.8 Å². The minimum absolute atomic E-state index is 0.600. The third kappa shape index (κ3) is 3.31. The largest absolute Gasteiger partial charge is 0.330 e. The Bertz CT molecular complexity index is 504. The van der Waals surface area contributed by atoms with Crippen LogP contribution in [0.5, 0.6) is 0 Å². The maximum Gasteiger partial charge on any atom is 0.151 e. The van der Waals surface area contributed by atoms with Crippen LogP contribution in [0.25, 0.3) is 0 Å². The van der Waals surface area contributed by atoms with Gasteiger partial charge in [-0.3, -0.25) is 4.68 Å². The first-order valence-corrected chi connectivity index (χ1v) is 6.40. The van der Waals surface area contributed by atoms with Gasteiger partial charge in [-0.2, -0.15) is 5.10 Å². The average molecular weight is 265 g/mol. The van der Waals surface area contributed by atoms with E-state index in [9.17, 15) is 0 Å². The monoisotopic (exact) mass is 264 g/mol. The summed E-state index contributed by atoms with van der Waals surface area (Å²) in [5.74, 6) is 1.82. The van der Waals surface area contributed by atoms with Gasteiger partial charge >= 0.3 is 0 Å². The summed E-state index contributed by atoms with van der Waals surface area (Å²) < 4.78 is 1.81. The number of aryl methyl sites for hydroxylation is 3. The SMILES string of the molecule is Cn1nc(CCc2ccc(Cl)cc2)nc1CCN. The molecule has 2 rings (SSSR count). The minimum Gasteiger partial charge on any atom is -0.330 e. The fraction of sp³-hybridized carbons (Fsp3) is 0.385. The number of hydrogen-bond donors (Lipinski definition) is 1. The van der Waals surface area contributed by atoms with E-state index in [1.165, 1.54) is 5.56 Å². The van der Waals surface area contributed by atoms with Gasteiger partial charge < -0.3 is 5.73 Å². The second-order valence-electron chi connectivity index (χ2n) is 4.23. The highest BCUT2D eigenvalue weighted by atomic mass is 35.5. The van der Waals surface area contributed by atoms with Crippen LogP contribution >= 0.6 is 11.6 Å². The Hall–Kier alpha value is -1.39. The predicted octanol–water partition coefficient (Wildman–Crippen LogP) is 1.75. The summed E-state index contributed by atoms with van der Waals surface area (Å²) >= 11 is 5.85. The molecule has 4 nitrogen and oxygen atoms in total. The van der Waals surface area contributed by atoms with Crippen molar-refractivity contribution in [3.05, 3.63) is 46.5 Å². The second kappa shape index (κ2) is 5.98. The van der Waals surface area contributed by atoms with Crippen LogP contribution in [0, 0.1) is 0 Å². The number of hydrogen-bond acceptors (Lipinski definition) is 3. The zero-order valence-electron chi connectivity index (χ0n) is 10.4. The van der Waals surface area contributed by atoms with Crippen molar-refractivity contribution in [2.75, 3.05) is 6.54 Å². The van der Waals surface area contributed by atoms with Gasteiger partial charge in [-0.15, -0.1) is 0 Å². The molecule has 0 amide bonds. The van der Waals surface area contributed by atoms with Crippen molar-refractivity contribution in [1.29, 1.82) is 0 Å². The molecule has 2 N–H and O–H groups in total. The molecule has 96 valence electrons. The number of nitrogens with two attached hydrogens (primary N) is 1. The number of nitrogens with zero attached hydrogens (tertiary/aromatic N) is 3. The molecular formula is C13H17ClN4. The lowest BCUT2D eigenvalue weighted by atomic mass is 10.1. The molecule has 18 heavy (non-hydrogen) atoms. The fourth-order valence-electron chi connectivity index (χ4n) is 1.83. The molecule has 0 aliphatic rings. The Morgan fingerprint density at radius 1 is 1.17 bits per heavy atom.